The number of aryl methyl sites for hydroxylation is 2. The fourth-order valence-electron chi connectivity index (χ4n) is 4.62. The first-order valence-electron chi connectivity index (χ1n) is 11.9. The molecule has 0 unspecified atom stereocenters. The smallest absolute Gasteiger partial charge is 0.395 e. The number of nitrogens with one attached hydrogen (secondary N) is 2. The van der Waals surface area contributed by atoms with Gasteiger partial charge >= 0.3 is 6.18 Å². The van der Waals surface area contributed by atoms with Crippen molar-refractivity contribution in [3.63, 3.8) is 0 Å². The predicted octanol–water partition coefficient (Wildman–Crippen LogP) is 2.70. The molecule has 2 aliphatic rings. The molecule has 0 radical (unpaired) electrons. The van der Waals surface area contributed by atoms with Gasteiger partial charge < -0.3 is 15.7 Å². The third-order valence-electron chi connectivity index (χ3n) is 6.80. The van der Waals surface area contributed by atoms with Gasteiger partial charge in [0.1, 0.15) is 11.4 Å². The molecular formula is C25H29F3N4O4S. The summed E-state index contributed by atoms with van der Waals surface area (Å²) in [6.45, 7) is 2.52. The van der Waals surface area contributed by atoms with Gasteiger partial charge in [0.05, 0.1) is 17.9 Å². The first kappa shape index (κ1) is 27.1. The molecule has 0 aromatic heterocycles. The Morgan fingerprint density at radius 2 is 1.89 bits per heavy atom. The summed E-state index contributed by atoms with van der Waals surface area (Å²) in [6.07, 6.45) is -3.90. The Labute approximate surface area is 213 Å². The maximum Gasteiger partial charge on any atom is 0.416 e. The lowest BCUT2D eigenvalue weighted by Gasteiger charge is -2.34. The van der Waals surface area contributed by atoms with Crippen molar-refractivity contribution in [3.05, 3.63) is 64.7 Å². The van der Waals surface area contributed by atoms with Gasteiger partial charge in [-0.1, -0.05) is 18.2 Å². The highest BCUT2D eigenvalue weighted by atomic mass is 32.2. The van der Waals surface area contributed by atoms with Crippen LogP contribution in [-0.4, -0.2) is 67.1 Å². The Kier molecular flexibility index (Phi) is 7.63. The number of aliphatic hydroxyl groups excluding tert-OH is 1. The third-order valence-corrected chi connectivity index (χ3v) is 8.67. The van der Waals surface area contributed by atoms with E-state index in [1.165, 1.54) is 16.4 Å². The Bertz CT molecular complexity index is 1300. The fourth-order valence-corrected chi connectivity index (χ4v) is 6.10. The predicted molar refractivity (Wildman–Crippen MR) is 134 cm³/mol. The normalized spacial score (nSPS) is 18.1. The molecule has 2 heterocycles. The van der Waals surface area contributed by atoms with Gasteiger partial charge in [0.2, 0.25) is 10.0 Å². The summed E-state index contributed by atoms with van der Waals surface area (Å²) in [7, 11) is -3.59. The number of aliphatic imine (C=N–C) groups is 1. The zero-order chi connectivity index (χ0) is 26.8. The minimum absolute atomic E-state index is 0.00961. The van der Waals surface area contributed by atoms with Gasteiger partial charge in [-0.2, -0.15) is 13.2 Å². The van der Waals surface area contributed by atoms with Crippen LogP contribution in [0.4, 0.5) is 18.9 Å². The summed E-state index contributed by atoms with van der Waals surface area (Å²) in [5, 5.41) is 14.6. The number of piperidine rings is 1. The Morgan fingerprint density at radius 1 is 1.16 bits per heavy atom. The minimum atomic E-state index is -4.52. The van der Waals surface area contributed by atoms with Gasteiger partial charge in [0, 0.05) is 30.9 Å². The van der Waals surface area contributed by atoms with E-state index in [2.05, 4.69) is 15.6 Å². The number of benzene rings is 2. The SMILES string of the molecule is Cc1cc(NCCO)ccc1CCS(=O)(=O)N1CCC2(CC1)N=C(c1cccc(C(F)(F)F)c1)NC2=O. The summed E-state index contributed by atoms with van der Waals surface area (Å²) < 4.78 is 66.7. The molecule has 12 heteroatoms. The number of hydrogen-bond donors (Lipinski definition) is 3. The van der Waals surface area contributed by atoms with E-state index >= 15 is 0 Å². The monoisotopic (exact) mass is 538 g/mol. The average molecular weight is 539 g/mol. The molecule has 0 bridgehead atoms. The van der Waals surface area contributed by atoms with E-state index in [-0.39, 0.29) is 49.7 Å². The molecule has 8 nitrogen and oxygen atoms in total. The second kappa shape index (κ2) is 10.4. The number of amidine groups is 1. The number of anilines is 1. The van der Waals surface area contributed by atoms with Crippen LogP contribution in [0.15, 0.2) is 47.5 Å². The molecule has 2 aromatic rings. The largest absolute Gasteiger partial charge is 0.416 e. The van der Waals surface area contributed by atoms with E-state index in [9.17, 15) is 26.4 Å². The molecule has 2 aromatic carbocycles. The number of rotatable bonds is 8. The minimum Gasteiger partial charge on any atom is -0.395 e. The van der Waals surface area contributed by atoms with E-state index in [0.29, 0.717) is 13.0 Å². The van der Waals surface area contributed by atoms with Gasteiger partial charge in [0.25, 0.3) is 5.91 Å². The summed E-state index contributed by atoms with van der Waals surface area (Å²) in [6, 6.07) is 10.2. The van der Waals surface area contributed by atoms with Crippen LogP contribution in [0.1, 0.15) is 35.1 Å². The van der Waals surface area contributed by atoms with Crippen molar-refractivity contribution >= 4 is 27.5 Å². The standard InChI is InChI=1S/C25H29F3N4O4S/c1-17-15-21(29-10-13-33)6-5-18(17)7-14-37(35,36)32-11-8-24(9-12-32)23(34)30-22(31-24)19-3-2-4-20(16-19)25(26,27)28/h2-6,15-16,29,33H,7-14H2,1H3,(H,30,31,34). The van der Waals surface area contributed by atoms with Crippen LogP contribution in [0.5, 0.6) is 0 Å². The highest BCUT2D eigenvalue weighted by Crippen LogP contribution is 2.34. The van der Waals surface area contributed by atoms with Crippen molar-refractivity contribution in [1.82, 2.24) is 9.62 Å². The van der Waals surface area contributed by atoms with Crippen molar-refractivity contribution in [2.24, 2.45) is 4.99 Å². The van der Waals surface area contributed by atoms with Crippen LogP contribution in [-0.2, 0) is 27.4 Å². The highest BCUT2D eigenvalue weighted by Gasteiger charge is 2.47. The van der Waals surface area contributed by atoms with Crippen LogP contribution in [0.3, 0.4) is 0 Å². The Hall–Kier alpha value is -2.96. The van der Waals surface area contributed by atoms with Crippen molar-refractivity contribution in [2.45, 2.75) is 37.9 Å². The maximum atomic E-state index is 13.1. The van der Waals surface area contributed by atoms with E-state index in [1.54, 1.807) is 0 Å². The number of nitrogens with zero attached hydrogens (tertiary/aromatic N) is 2. The Balaban J connectivity index is 1.40. The first-order valence-corrected chi connectivity index (χ1v) is 13.6. The summed E-state index contributed by atoms with van der Waals surface area (Å²) >= 11 is 0. The molecule has 0 atom stereocenters. The van der Waals surface area contributed by atoms with Gasteiger partial charge in [0.15, 0.2) is 0 Å². The van der Waals surface area contributed by atoms with Crippen LogP contribution in [0.2, 0.25) is 0 Å². The number of aliphatic hydroxyl groups is 1. The highest BCUT2D eigenvalue weighted by molar-refractivity contribution is 7.89. The molecule has 1 fully saturated rings. The van der Waals surface area contributed by atoms with Crippen molar-refractivity contribution in [3.8, 4) is 0 Å². The molecule has 37 heavy (non-hydrogen) atoms. The quantitative estimate of drug-likeness (QED) is 0.479. The lowest BCUT2D eigenvalue weighted by atomic mass is 9.89. The van der Waals surface area contributed by atoms with E-state index in [0.717, 1.165) is 28.9 Å². The molecule has 1 amide bonds. The van der Waals surface area contributed by atoms with Crippen molar-refractivity contribution < 1.29 is 31.5 Å². The van der Waals surface area contributed by atoms with Gasteiger partial charge in [-0.05, 0) is 61.6 Å². The third kappa shape index (κ3) is 5.97. The zero-order valence-corrected chi connectivity index (χ0v) is 21.1. The number of carbonyl (C=O) groups excluding carboxylic acids is 1. The number of amides is 1. The van der Waals surface area contributed by atoms with Crippen molar-refractivity contribution in [2.75, 3.05) is 37.3 Å². The van der Waals surface area contributed by atoms with Crippen LogP contribution in [0, 0.1) is 6.92 Å². The molecule has 2 aliphatic heterocycles. The van der Waals surface area contributed by atoms with Gasteiger partial charge in [-0.25, -0.2) is 12.7 Å². The maximum absolute atomic E-state index is 13.1. The van der Waals surface area contributed by atoms with Gasteiger partial charge in [-0.3, -0.25) is 9.79 Å². The molecule has 1 saturated heterocycles. The van der Waals surface area contributed by atoms with E-state index in [1.807, 2.05) is 25.1 Å². The Morgan fingerprint density at radius 3 is 2.54 bits per heavy atom. The zero-order valence-electron chi connectivity index (χ0n) is 20.3. The second-order valence-corrected chi connectivity index (χ2v) is 11.4. The average Bonchev–Trinajstić information content (AvgIpc) is 3.17. The van der Waals surface area contributed by atoms with Crippen molar-refractivity contribution in [1.29, 1.82) is 0 Å². The van der Waals surface area contributed by atoms with Gasteiger partial charge in [-0.15, -0.1) is 0 Å². The topological polar surface area (TPSA) is 111 Å². The van der Waals surface area contributed by atoms with E-state index in [4.69, 9.17) is 5.11 Å². The second-order valence-electron chi connectivity index (χ2n) is 9.28. The summed E-state index contributed by atoms with van der Waals surface area (Å²) in [4.78, 5) is 17.2. The van der Waals surface area contributed by atoms with E-state index < -0.39 is 33.2 Å². The number of alkyl halides is 3. The number of halogens is 3. The number of hydrogen-bond acceptors (Lipinski definition) is 6. The molecule has 0 aliphatic carbocycles. The number of carbonyl (C=O) groups is 1. The van der Waals surface area contributed by atoms with Crippen LogP contribution >= 0.6 is 0 Å². The lowest BCUT2D eigenvalue weighted by Crippen LogP contribution is -2.50. The molecule has 0 saturated carbocycles. The molecule has 200 valence electrons. The number of sulfonamides is 1. The van der Waals surface area contributed by atoms with Crippen LogP contribution in [0.25, 0.3) is 0 Å². The molecule has 1 spiro atoms. The van der Waals surface area contributed by atoms with Crippen LogP contribution < -0.4 is 10.6 Å². The summed E-state index contributed by atoms with van der Waals surface area (Å²) in [5.74, 6) is -0.447. The first-order chi connectivity index (χ1) is 17.4. The summed E-state index contributed by atoms with van der Waals surface area (Å²) in [5.41, 5.74) is 0.813. The molecule has 4 rings (SSSR count). The molecule has 3 N–H and O–H groups in total. The fraction of sp³-hybridized carbons (Fsp3) is 0.440. The lowest BCUT2D eigenvalue weighted by molar-refractivity contribution is -0.137. The molecular weight excluding hydrogens is 509 g/mol.